The van der Waals surface area contributed by atoms with Crippen LogP contribution >= 0.6 is 0 Å². The van der Waals surface area contributed by atoms with Crippen LogP contribution in [0.15, 0.2) is 18.2 Å². The molecule has 0 aromatic heterocycles. The highest BCUT2D eigenvalue weighted by molar-refractivity contribution is 5.90. The van der Waals surface area contributed by atoms with E-state index in [-0.39, 0.29) is 11.7 Å². The molecule has 0 bridgehead atoms. The number of unbranched alkanes of at least 4 members (excludes halogenated alkanes) is 1. The quantitative estimate of drug-likeness (QED) is 0.479. The average Bonchev–Trinajstić information content (AvgIpc) is 2.32. The Hall–Kier alpha value is -2.11. The van der Waals surface area contributed by atoms with Crippen molar-refractivity contribution in [2.75, 3.05) is 11.9 Å². The van der Waals surface area contributed by atoms with Gasteiger partial charge in [-0.3, -0.25) is 10.1 Å². The zero-order valence-corrected chi connectivity index (χ0v) is 10.5. The highest BCUT2D eigenvalue weighted by Crippen LogP contribution is 2.21. The van der Waals surface area contributed by atoms with Crippen LogP contribution in [0, 0.1) is 17.0 Å². The van der Waals surface area contributed by atoms with Gasteiger partial charge < -0.3 is 10.6 Å². The lowest BCUT2D eigenvalue weighted by molar-refractivity contribution is -0.384. The predicted molar refractivity (Wildman–Crippen MR) is 69.8 cm³/mol. The van der Waals surface area contributed by atoms with Gasteiger partial charge in [0.2, 0.25) is 0 Å². The first-order chi connectivity index (χ1) is 8.54. The average molecular weight is 251 g/mol. The summed E-state index contributed by atoms with van der Waals surface area (Å²) in [5.74, 6) is 0. The van der Waals surface area contributed by atoms with Gasteiger partial charge in [0.15, 0.2) is 0 Å². The summed E-state index contributed by atoms with van der Waals surface area (Å²) in [6.07, 6.45) is 1.90. The SMILES string of the molecule is CCCCNC(=O)Nc1cc([N+](=O)[O-])ccc1C. The second kappa shape index (κ2) is 6.58. The number of anilines is 1. The van der Waals surface area contributed by atoms with Gasteiger partial charge in [-0.2, -0.15) is 0 Å². The fourth-order valence-corrected chi connectivity index (χ4v) is 1.40. The molecule has 18 heavy (non-hydrogen) atoms. The number of hydrogen-bond acceptors (Lipinski definition) is 3. The number of non-ortho nitro benzene ring substituents is 1. The summed E-state index contributed by atoms with van der Waals surface area (Å²) < 4.78 is 0. The molecule has 0 aliphatic carbocycles. The van der Waals surface area contributed by atoms with E-state index in [2.05, 4.69) is 10.6 Å². The first-order valence-electron chi connectivity index (χ1n) is 5.84. The molecule has 0 radical (unpaired) electrons. The first kappa shape index (κ1) is 14.0. The molecule has 0 spiro atoms. The monoisotopic (exact) mass is 251 g/mol. The second-order valence-corrected chi connectivity index (χ2v) is 3.99. The molecule has 2 N–H and O–H groups in total. The Kier molecular flexibility index (Phi) is 5.10. The molecule has 98 valence electrons. The van der Waals surface area contributed by atoms with Gasteiger partial charge in [-0.25, -0.2) is 4.79 Å². The number of nitrogens with one attached hydrogen (secondary N) is 2. The maximum atomic E-state index is 11.5. The Balaban J connectivity index is 2.68. The van der Waals surface area contributed by atoms with Crippen LogP contribution in [0.3, 0.4) is 0 Å². The molecule has 2 amide bonds. The number of urea groups is 1. The highest BCUT2D eigenvalue weighted by atomic mass is 16.6. The normalized spacial score (nSPS) is 9.89. The fourth-order valence-electron chi connectivity index (χ4n) is 1.40. The second-order valence-electron chi connectivity index (χ2n) is 3.99. The predicted octanol–water partition coefficient (Wildman–Crippen LogP) is 2.82. The molecule has 0 saturated heterocycles. The molecular weight excluding hydrogens is 234 g/mol. The Morgan fingerprint density at radius 3 is 2.78 bits per heavy atom. The number of amides is 2. The molecule has 0 unspecified atom stereocenters. The number of benzene rings is 1. The number of carbonyl (C=O) groups excluding carboxylic acids is 1. The largest absolute Gasteiger partial charge is 0.338 e. The van der Waals surface area contributed by atoms with Gasteiger partial charge in [-0.15, -0.1) is 0 Å². The summed E-state index contributed by atoms with van der Waals surface area (Å²) in [4.78, 5) is 21.7. The summed E-state index contributed by atoms with van der Waals surface area (Å²) in [7, 11) is 0. The zero-order valence-electron chi connectivity index (χ0n) is 10.5. The van der Waals surface area contributed by atoms with Crippen LogP contribution in [0.1, 0.15) is 25.3 Å². The molecule has 0 atom stereocenters. The molecular formula is C12H17N3O3. The summed E-state index contributed by atoms with van der Waals surface area (Å²) in [6, 6.07) is 4.04. The summed E-state index contributed by atoms with van der Waals surface area (Å²) in [5.41, 5.74) is 1.20. The van der Waals surface area contributed by atoms with Crippen LogP contribution in [-0.4, -0.2) is 17.5 Å². The third kappa shape index (κ3) is 4.04. The third-order valence-corrected chi connectivity index (χ3v) is 2.50. The van der Waals surface area contributed by atoms with Gasteiger partial charge >= 0.3 is 6.03 Å². The molecule has 6 heteroatoms. The summed E-state index contributed by atoms with van der Waals surface area (Å²) >= 11 is 0. The number of nitro benzene ring substituents is 1. The molecule has 0 fully saturated rings. The Morgan fingerprint density at radius 2 is 2.17 bits per heavy atom. The van der Waals surface area contributed by atoms with Gasteiger partial charge in [-0.05, 0) is 18.9 Å². The van der Waals surface area contributed by atoms with Gasteiger partial charge in [0, 0.05) is 18.7 Å². The van der Waals surface area contributed by atoms with Crippen molar-refractivity contribution in [1.29, 1.82) is 0 Å². The number of nitrogens with zero attached hydrogens (tertiary/aromatic N) is 1. The maximum absolute atomic E-state index is 11.5. The fraction of sp³-hybridized carbons (Fsp3) is 0.417. The first-order valence-corrected chi connectivity index (χ1v) is 5.84. The number of nitro groups is 1. The highest BCUT2D eigenvalue weighted by Gasteiger charge is 2.10. The lowest BCUT2D eigenvalue weighted by atomic mass is 10.2. The molecule has 1 rings (SSSR count). The van der Waals surface area contributed by atoms with Crippen molar-refractivity contribution in [3.8, 4) is 0 Å². The van der Waals surface area contributed by atoms with E-state index in [1.165, 1.54) is 12.1 Å². The van der Waals surface area contributed by atoms with Crippen LogP contribution in [0.4, 0.5) is 16.2 Å². The van der Waals surface area contributed by atoms with E-state index >= 15 is 0 Å². The van der Waals surface area contributed by atoms with Crippen molar-refractivity contribution in [1.82, 2.24) is 5.32 Å². The van der Waals surface area contributed by atoms with E-state index in [0.717, 1.165) is 18.4 Å². The van der Waals surface area contributed by atoms with E-state index in [9.17, 15) is 14.9 Å². The van der Waals surface area contributed by atoms with Crippen LogP contribution in [0.5, 0.6) is 0 Å². The molecule has 0 saturated carbocycles. The van der Waals surface area contributed by atoms with Gasteiger partial charge in [0.1, 0.15) is 0 Å². The minimum Gasteiger partial charge on any atom is -0.338 e. The Bertz CT molecular complexity index is 446. The van der Waals surface area contributed by atoms with Crippen molar-refractivity contribution < 1.29 is 9.72 Å². The van der Waals surface area contributed by atoms with Gasteiger partial charge in [0.05, 0.1) is 10.6 Å². The number of hydrogen-bond donors (Lipinski definition) is 2. The molecule has 0 aliphatic rings. The van der Waals surface area contributed by atoms with Crippen molar-refractivity contribution in [3.05, 3.63) is 33.9 Å². The maximum Gasteiger partial charge on any atom is 0.319 e. The molecule has 1 aromatic rings. The van der Waals surface area contributed by atoms with Crippen LogP contribution in [0.25, 0.3) is 0 Å². The summed E-state index contributed by atoms with van der Waals surface area (Å²) in [5, 5.41) is 15.9. The number of carbonyl (C=O) groups is 1. The van der Waals surface area contributed by atoms with E-state index in [0.29, 0.717) is 12.2 Å². The molecule has 6 nitrogen and oxygen atoms in total. The minimum atomic E-state index is -0.487. The zero-order chi connectivity index (χ0) is 13.5. The van der Waals surface area contributed by atoms with E-state index in [4.69, 9.17) is 0 Å². The Morgan fingerprint density at radius 1 is 1.44 bits per heavy atom. The lowest BCUT2D eigenvalue weighted by Crippen LogP contribution is -2.29. The summed E-state index contributed by atoms with van der Waals surface area (Å²) in [6.45, 7) is 4.41. The topological polar surface area (TPSA) is 84.3 Å². The Labute approximate surface area is 106 Å². The molecule has 0 heterocycles. The lowest BCUT2D eigenvalue weighted by Gasteiger charge is -2.09. The van der Waals surface area contributed by atoms with Crippen molar-refractivity contribution in [3.63, 3.8) is 0 Å². The van der Waals surface area contributed by atoms with Gasteiger partial charge in [0.25, 0.3) is 5.69 Å². The third-order valence-electron chi connectivity index (χ3n) is 2.50. The van der Waals surface area contributed by atoms with E-state index in [1.54, 1.807) is 13.0 Å². The minimum absolute atomic E-state index is 0.0375. The van der Waals surface area contributed by atoms with Crippen molar-refractivity contribution in [2.45, 2.75) is 26.7 Å². The van der Waals surface area contributed by atoms with Gasteiger partial charge in [-0.1, -0.05) is 19.4 Å². The molecule has 1 aromatic carbocycles. The van der Waals surface area contributed by atoms with Crippen LogP contribution < -0.4 is 10.6 Å². The standard InChI is InChI=1S/C12H17N3O3/c1-3-4-7-13-12(16)14-11-8-10(15(17)18)6-5-9(11)2/h5-6,8H,3-4,7H2,1-2H3,(H2,13,14,16). The smallest absolute Gasteiger partial charge is 0.319 e. The number of rotatable bonds is 5. The van der Waals surface area contributed by atoms with Crippen molar-refractivity contribution >= 4 is 17.4 Å². The van der Waals surface area contributed by atoms with E-state index in [1.807, 2.05) is 6.92 Å². The van der Waals surface area contributed by atoms with Crippen LogP contribution in [-0.2, 0) is 0 Å². The van der Waals surface area contributed by atoms with Crippen molar-refractivity contribution in [2.24, 2.45) is 0 Å². The van der Waals surface area contributed by atoms with Crippen LogP contribution in [0.2, 0.25) is 0 Å². The molecule has 0 aliphatic heterocycles. The number of aryl methyl sites for hydroxylation is 1. The van der Waals surface area contributed by atoms with E-state index < -0.39 is 4.92 Å².